The third kappa shape index (κ3) is 9.34. The zero-order valence-corrected chi connectivity index (χ0v) is 30.0. The molecule has 1 aliphatic heterocycles. The number of hydrogen-bond acceptors (Lipinski definition) is 9. The number of amides is 3. The van der Waals surface area contributed by atoms with Gasteiger partial charge in [-0.3, -0.25) is 18.9 Å². The molecular weight excluding hydrogens is 688 g/mol. The third-order valence-corrected chi connectivity index (χ3v) is 9.95. The molecule has 15 nitrogen and oxygen atoms in total. The number of rotatable bonds is 16. The number of fused-ring (bicyclic) bond motifs is 1. The summed E-state index contributed by atoms with van der Waals surface area (Å²) in [7, 11) is 0.564. The predicted molar refractivity (Wildman–Crippen MR) is 186 cm³/mol. The Bertz CT molecular complexity index is 1890. The number of likely N-dealkylation sites (N-methyl/N-ethyl adjacent to an activating group) is 1. The highest BCUT2D eigenvalue weighted by atomic mass is 31.2. The molecule has 0 saturated heterocycles. The highest BCUT2D eigenvalue weighted by Gasteiger charge is 2.31. The number of nitrogens with zero attached hydrogens (tertiary/aromatic N) is 2. The number of carboxylic acids is 1. The van der Waals surface area contributed by atoms with Crippen LogP contribution in [-0.2, 0) is 37.3 Å². The highest BCUT2D eigenvalue weighted by molar-refractivity contribution is 7.57. The maximum absolute atomic E-state index is 13.9. The molecule has 4 N–H and O–H groups in total. The number of carbonyl (C=O) groups is 4. The monoisotopic (exact) mass is 729 g/mol. The largest absolute Gasteiger partial charge is 0.493 e. The summed E-state index contributed by atoms with van der Waals surface area (Å²) in [6, 6.07) is 9.08. The van der Waals surface area contributed by atoms with Crippen molar-refractivity contribution in [2.45, 2.75) is 33.4 Å². The summed E-state index contributed by atoms with van der Waals surface area (Å²) in [4.78, 5) is 51.4. The van der Waals surface area contributed by atoms with Crippen LogP contribution in [0, 0.1) is 12.7 Å². The quantitative estimate of drug-likeness (QED) is 0.119. The normalized spacial score (nSPS) is 14.6. The van der Waals surface area contributed by atoms with E-state index in [0.717, 1.165) is 0 Å². The maximum atomic E-state index is 13.9. The average molecular weight is 730 g/mol. The van der Waals surface area contributed by atoms with Gasteiger partial charge < -0.3 is 43.9 Å². The van der Waals surface area contributed by atoms with Crippen LogP contribution in [0.3, 0.4) is 0 Å². The average Bonchev–Trinajstić information content (AvgIpc) is 3.55. The lowest BCUT2D eigenvalue weighted by Gasteiger charge is -2.23. The van der Waals surface area contributed by atoms with Gasteiger partial charge >= 0.3 is 19.6 Å². The number of carbonyl (C=O) groups excluding carboxylic acids is 3. The molecule has 0 radical (unpaired) electrons. The Morgan fingerprint density at radius 3 is 2.55 bits per heavy atom. The van der Waals surface area contributed by atoms with Crippen LogP contribution in [0.4, 0.5) is 14.9 Å². The number of anilines is 1. The van der Waals surface area contributed by atoms with Gasteiger partial charge in [0, 0.05) is 56.4 Å². The molecule has 2 aromatic carbocycles. The molecule has 274 valence electrons. The molecule has 0 bridgehead atoms. The van der Waals surface area contributed by atoms with Gasteiger partial charge in [-0.2, -0.15) is 0 Å². The molecule has 0 saturated carbocycles. The van der Waals surface area contributed by atoms with Crippen LogP contribution in [0.1, 0.15) is 46.7 Å². The van der Waals surface area contributed by atoms with Crippen molar-refractivity contribution >= 4 is 48.7 Å². The number of nitrogens with one attached hydrogen (secondary N) is 3. The highest BCUT2D eigenvalue weighted by Crippen LogP contribution is 2.46. The Hall–Kier alpha value is -5.18. The lowest BCUT2D eigenvalue weighted by Crippen LogP contribution is -2.38. The van der Waals surface area contributed by atoms with E-state index in [1.165, 1.54) is 56.4 Å². The van der Waals surface area contributed by atoms with Crippen molar-refractivity contribution in [1.82, 2.24) is 19.9 Å². The Kier molecular flexibility index (Phi) is 12.6. The first-order chi connectivity index (χ1) is 24.2. The van der Waals surface area contributed by atoms with Gasteiger partial charge in [-0.05, 0) is 68.8 Å². The smallest absolute Gasteiger partial charge is 0.410 e. The Balaban J connectivity index is 1.36. The van der Waals surface area contributed by atoms with Crippen molar-refractivity contribution in [3.63, 3.8) is 0 Å². The van der Waals surface area contributed by atoms with Gasteiger partial charge in [-0.25, -0.2) is 14.3 Å². The molecule has 0 spiro atoms. The topological polar surface area (TPSA) is 187 Å². The van der Waals surface area contributed by atoms with Crippen LogP contribution in [-0.4, -0.2) is 84.7 Å². The summed E-state index contributed by atoms with van der Waals surface area (Å²) in [5.74, 6) is -2.24. The minimum absolute atomic E-state index is 0.0207. The van der Waals surface area contributed by atoms with Crippen LogP contribution < -0.4 is 25.0 Å². The first-order valence-corrected chi connectivity index (χ1v) is 17.7. The Morgan fingerprint density at radius 2 is 1.88 bits per heavy atom. The molecule has 1 aromatic heterocycles. The lowest BCUT2D eigenvalue weighted by molar-refractivity contribution is -0.138. The zero-order valence-electron chi connectivity index (χ0n) is 29.1. The van der Waals surface area contributed by atoms with E-state index in [1.54, 1.807) is 43.7 Å². The van der Waals surface area contributed by atoms with E-state index >= 15 is 0 Å². The number of methoxy groups -OCH3 is 2. The van der Waals surface area contributed by atoms with E-state index in [9.17, 15) is 33.2 Å². The van der Waals surface area contributed by atoms with Crippen molar-refractivity contribution in [3.05, 3.63) is 76.4 Å². The van der Waals surface area contributed by atoms with E-state index in [0.29, 0.717) is 33.8 Å². The number of aliphatic carboxylic acids is 1. The zero-order chi connectivity index (χ0) is 37.5. The molecule has 1 unspecified atom stereocenters. The number of ether oxygens (including phenoxy) is 3. The van der Waals surface area contributed by atoms with E-state index < -0.39 is 37.8 Å². The molecule has 0 aliphatic carbocycles. The summed E-state index contributed by atoms with van der Waals surface area (Å²) in [5, 5.41) is 17.2. The molecule has 17 heteroatoms. The molecule has 0 fully saturated rings. The van der Waals surface area contributed by atoms with Gasteiger partial charge in [0.2, 0.25) is 0 Å². The van der Waals surface area contributed by atoms with Crippen molar-refractivity contribution in [2.75, 3.05) is 45.5 Å². The molecule has 51 heavy (non-hydrogen) atoms. The van der Waals surface area contributed by atoms with Gasteiger partial charge in [0.15, 0.2) is 11.5 Å². The van der Waals surface area contributed by atoms with Crippen LogP contribution in [0.2, 0.25) is 0 Å². The second-order valence-electron chi connectivity index (χ2n) is 11.6. The van der Waals surface area contributed by atoms with Gasteiger partial charge in [-0.1, -0.05) is 6.07 Å². The number of aromatic nitrogens is 1. The minimum atomic E-state index is -3.86. The minimum Gasteiger partial charge on any atom is -0.493 e. The lowest BCUT2D eigenvalue weighted by atomic mass is 10.1. The fourth-order valence-corrected chi connectivity index (χ4v) is 6.89. The van der Waals surface area contributed by atoms with Gasteiger partial charge in [-0.15, -0.1) is 0 Å². The van der Waals surface area contributed by atoms with Gasteiger partial charge in [0.1, 0.15) is 24.8 Å². The number of hydrogen-bond donors (Lipinski definition) is 4. The van der Waals surface area contributed by atoms with Crippen LogP contribution in [0.25, 0.3) is 11.6 Å². The van der Waals surface area contributed by atoms with Crippen molar-refractivity contribution in [1.29, 1.82) is 0 Å². The van der Waals surface area contributed by atoms with Crippen molar-refractivity contribution < 1.29 is 52.0 Å². The van der Waals surface area contributed by atoms with Crippen LogP contribution in [0.5, 0.6) is 11.5 Å². The summed E-state index contributed by atoms with van der Waals surface area (Å²) in [6.45, 7) is 5.17. The molecule has 2 heterocycles. The molecule has 4 rings (SSSR count). The fraction of sp³-hybridized carbons (Fsp3) is 0.353. The second-order valence-corrected chi connectivity index (χ2v) is 13.6. The summed E-state index contributed by atoms with van der Waals surface area (Å²) >= 11 is 0. The summed E-state index contributed by atoms with van der Waals surface area (Å²) in [6.07, 6.45) is 0.531. The van der Waals surface area contributed by atoms with Crippen LogP contribution >= 0.6 is 7.52 Å². The first-order valence-electron chi connectivity index (χ1n) is 15.8. The van der Waals surface area contributed by atoms with E-state index in [2.05, 4.69) is 15.7 Å². The number of carboxylic acid groups (broad SMARTS) is 1. The van der Waals surface area contributed by atoms with E-state index in [-0.39, 0.29) is 55.1 Å². The molecule has 1 aliphatic rings. The number of halogens is 1. The van der Waals surface area contributed by atoms with Crippen molar-refractivity contribution in [3.8, 4) is 11.5 Å². The van der Waals surface area contributed by atoms with Crippen LogP contribution in [0.15, 0.2) is 42.5 Å². The van der Waals surface area contributed by atoms with Gasteiger partial charge in [0.05, 0.1) is 18.2 Å². The Labute approximate surface area is 294 Å². The predicted octanol–water partition coefficient (Wildman–Crippen LogP) is 4.60. The van der Waals surface area contributed by atoms with Crippen molar-refractivity contribution in [2.24, 2.45) is 7.05 Å². The third-order valence-electron chi connectivity index (χ3n) is 8.08. The van der Waals surface area contributed by atoms with E-state index in [4.69, 9.17) is 18.7 Å². The van der Waals surface area contributed by atoms with Gasteiger partial charge in [0.25, 0.3) is 11.8 Å². The first kappa shape index (κ1) is 38.6. The molecular formula is C34H41FN5O10P. The summed E-state index contributed by atoms with van der Waals surface area (Å²) < 4.78 is 50.5. The van der Waals surface area contributed by atoms with E-state index in [1.807, 2.05) is 0 Å². The fourth-order valence-electron chi connectivity index (χ4n) is 5.21. The summed E-state index contributed by atoms with van der Waals surface area (Å²) in [5.41, 5.74) is 3.26. The molecule has 2 atom stereocenters. The molecule has 3 amide bonds. The molecule has 3 aromatic rings. The SMILES string of the molecule is CCN(CCNC(=O)c1cc(/C=C2\C(=O)Nc3ccc(F)cc32)n(C)c1C)C(=O)OCc1ccc(OC)c(OP(=O)(COC)N[C@@H](C)C(=O)O)c1. The maximum Gasteiger partial charge on any atom is 0.410 e. The Morgan fingerprint density at radius 1 is 1.14 bits per heavy atom. The standard InChI is InChI=1S/C34H41FN5O10P/c1-7-40(34(45)49-18-22-8-11-29(48-6)30(14-22)50-51(46,19-47-5)38-20(2)33(43)44)13-12-36-31(41)25-16-24(39(4)21(25)3)17-27-26-15-23(35)9-10-28(26)37-32(27)42/h8-11,14-17,20H,7,12-13,18-19H2,1-6H3,(H,36,41)(H,37,42)(H,38,46)(H,43,44)/b27-17-/t20-,51?/m0/s1. The second kappa shape index (κ2) is 16.7. The number of benzene rings is 2.